The highest BCUT2D eigenvalue weighted by Gasteiger charge is 2.13. The van der Waals surface area contributed by atoms with Gasteiger partial charge in [-0.1, -0.05) is 0 Å². The molecule has 0 atom stereocenters. The van der Waals surface area contributed by atoms with Crippen molar-refractivity contribution >= 4 is 33.7 Å². The predicted octanol–water partition coefficient (Wildman–Crippen LogP) is 3.59. The van der Waals surface area contributed by atoms with E-state index in [2.05, 4.69) is 20.9 Å². The lowest BCUT2D eigenvalue weighted by molar-refractivity contribution is 0.174. The lowest BCUT2D eigenvalue weighted by Gasteiger charge is -2.07. The lowest BCUT2D eigenvalue weighted by Crippen LogP contribution is -2.07. The van der Waals surface area contributed by atoms with E-state index in [1.54, 1.807) is 6.21 Å². The lowest BCUT2D eigenvalue weighted by atomic mass is 10.3. The van der Waals surface area contributed by atoms with E-state index in [-0.39, 0.29) is 6.79 Å². The fraction of sp³-hybridized carbons (Fsp3) is 0.214. The molecule has 5 nitrogen and oxygen atoms in total. The van der Waals surface area contributed by atoms with Crippen LogP contribution in [0.15, 0.2) is 38.1 Å². The van der Waals surface area contributed by atoms with Gasteiger partial charge in [-0.25, -0.2) is 0 Å². The van der Waals surface area contributed by atoms with Gasteiger partial charge in [0.1, 0.15) is 5.76 Å². The molecule has 2 heterocycles. The van der Waals surface area contributed by atoms with Crippen LogP contribution in [0.25, 0.3) is 0 Å². The Hall–Kier alpha value is -1.95. The minimum Gasteiger partial charge on any atom is -0.454 e. The molecule has 1 aromatic heterocycles. The third kappa shape index (κ3) is 2.51. The zero-order valence-corrected chi connectivity index (χ0v) is 12.7. The van der Waals surface area contributed by atoms with E-state index in [4.69, 9.17) is 13.9 Å². The van der Waals surface area contributed by atoms with Crippen molar-refractivity contribution in [3.8, 4) is 11.5 Å². The van der Waals surface area contributed by atoms with E-state index in [1.807, 2.05) is 43.3 Å². The summed E-state index contributed by atoms with van der Waals surface area (Å²) in [5, 5.41) is 0. The van der Waals surface area contributed by atoms with Crippen LogP contribution in [-0.2, 0) is 0 Å². The van der Waals surface area contributed by atoms with Gasteiger partial charge in [-0.3, -0.25) is 4.99 Å². The number of rotatable bonds is 3. The van der Waals surface area contributed by atoms with Crippen molar-refractivity contribution in [2.24, 2.45) is 4.99 Å². The molecule has 0 bridgehead atoms. The Morgan fingerprint density at radius 1 is 1.20 bits per heavy atom. The highest BCUT2D eigenvalue weighted by Crippen LogP contribution is 2.35. The van der Waals surface area contributed by atoms with Gasteiger partial charge in [0, 0.05) is 26.2 Å². The van der Waals surface area contributed by atoms with Gasteiger partial charge in [0.15, 0.2) is 11.5 Å². The molecule has 1 aliphatic heterocycles. The van der Waals surface area contributed by atoms with E-state index in [1.165, 1.54) is 0 Å². The minimum absolute atomic E-state index is 0.264. The van der Waals surface area contributed by atoms with Crippen LogP contribution in [-0.4, -0.2) is 27.1 Å². The molecule has 0 N–H and O–H groups in total. The number of hydrogen-bond acceptors (Lipinski definition) is 5. The first-order valence-corrected chi connectivity index (χ1v) is 6.83. The van der Waals surface area contributed by atoms with Crippen molar-refractivity contribution in [1.29, 1.82) is 0 Å². The number of hydrogen-bond donors (Lipinski definition) is 0. The molecule has 3 rings (SSSR count). The number of fused-ring (bicyclic) bond motifs is 1. The second-order valence-electron chi connectivity index (χ2n) is 4.49. The minimum atomic E-state index is 0.264. The Balaban J connectivity index is 1.82. The summed E-state index contributed by atoms with van der Waals surface area (Å²) in [6.07, 6.45) is 1.68. The molecule has 1 aliphatic rings. The molecule has 0 saturated carbocycles. The van der Waals surface area contributed by atoms with Crippen LogP contribution in [0.3, 0.4) is 0 Å². The second kappa shape index (κ2) is 5.20. The number of ether oxygens (including phenoxy) is 2. The average molecular weight is 337 g/mol. The number of benzene rings is 1. The molecule has 0 fully saturated rings. The third-order valence-corrected chi connectivity index (χ3v) is 3.36. The third-order valence-electron chi connectivity index (χ3n) is 2.79. The smallest absolute Gasteiger partial charge is 0.231 e. The van der Waals surface area contributed by atoms with Crippen molar-refractivity contribution in [1.82, 2.24) is 0 Å². The maximum atomic E-state index is 5.66. The molecule has 6 heteroatoms. The Kier molecular flexibility index (Phi) is 3.40. The maximum Gasteiger partial charge on any atom is 0.231 e. The van der Waals surface area contributed by atoms with Gasteiger partial charge in [0.25, 0.3) is 0 Å². The molecule has 0 radical (unpaired) electrons. The largest absolute Gasteiger partial charge is 0.454 e. The summed E-state index contributed by atoms with van der Waals surface area (Å²) in [7, 11) is 3.84. The molecule has 1 aromatic carbocycles. The molecule has 20 heavy (non-hydrogen) atoms. The molecule has 104 valence electrons. The Morgan fingerprint density at radius 2 is 2.00 bits per heavy atom. The molecule has 0 spiro atoms. The normalized spacial score (nSPS) is 13.2. The van der Waals surface area contributed by atoms with E-state index in [9.17, 15) is 0 Å². The van der Waals surface area contributed by atoms with Gasteiger partial charge >= 0.3 is 0 Å². The Morgan fingerprint density at radius 3 is 2.75 bits per heavy atom. The summed E-state index contributed by atoms with van der Waals surface area (Å²) >= 11 is 3.45. The summed E-state index contributed by atoms with van der Waals surface area (Å²) in [6, 6.07) is 7.43. The van der Waals surface area contributed by atoms with Gasteiger partial charge in [-0.05, 0) is 28.1 Å². The van der Waals surface area contributed by atoms with E-state index in [0.29, 0.717) is 11.5 Å². The predicted molar refractivity (Wildman–Crippen MR) is 80.6 cm³/mol. The number of anilines is 1. The van der Waals surface area contributed by atoms with Gasteiger partial charge in [0.05, 0.1) is 16.4 Å². The van der Waals surface area contributed by atoms with E-state index in [0.717, 1.165) is 21.8 Å². The molecule has 0 saturated heterocycles. The van der Waals surface area contributed by atoms with Crippen LogP contribution in [0, 0.1) is 0 Å². The summed E-state index contributed by atoms with van der Waals surface area (Å²) in [5.74, 6) is 2.91. The first-order chi connectivity index (χ1) is 9.63. The van der Waals surface area contributed by atoms with Crippen LogP contribution >= 0.6 is 15.9 Å². The zero-order chi connectivity index (χ0) is 14.1. The molecular formula is C14H13BrN2O3. The Labute approximate surface area is 124 Å². The van der Waals surface area contributed by atoms with Gasteiger partial charge in [-0.15, -0.1) is 0 Å². The number of aliphatic imine (C=N–C) groups is 1. The first kappa shape index (κ1) is 13.1. The summed E-state index contributed by atoms with van der Waals surface area (Å²) < 4.78 is 17.1. The molecule has 0 aliphatic carbocycles. The van der Waals surface area contributed by atoms with Crippen LogP contribution in [0.2, 0.25) is 0 Å². The zero-order valence-electron chi connectivity index (χ0n) is 11.1. The summed E-state index contributed by atoms with van der Waals surface area (Å²) in [4.78, 5) is 6.26. The molecular weight excluding hydrogens is 324 g/mol. The fourth-order valence-electron chi connectivity index (χ4n) is 1.85. The second-order valence-corrected chi connectivity index (χ2v) is 5.35. The molecule has 0 unspecified atom stereocenters. The summed E-state index contributed by atoms with van der Waals surface area (Å²) in [6.45, 7) is 0.264. The van der Waals surface area contributed by atoms with Crippen molar-refractivity contribution in [2.45, 2.75) is 0 Å². The van der Waals surface area contributed by atoms with Crippen molar-refractivity contribution in [2.75, 3.05) is 25.8 Å². The highest BCUT2D eigenvalue weighted by atomic mass is 79.9. The van der Waals surface area contributed by atoms with Gasteiger partial charge in [0.2, 0.25) is 12.7 Å². The van der Waals surface area contributed by atoms with Gasteiger partial charge < -0.3 is 18.8 Å². The topological polar surface area (TPSA) is 47.2 Å². The molecule has 0 amide bonds. The fourth-order valence-corrected chi connectivity index (χ4v) is 2.51. The molecule has 2 aromatic rings. The maximum absolute atomic E-state index is 5.66. The van der Waals surface area contributed by atoms with Crippen LogP contribution in [0.1, 0.15) is 5.76 Å². The number of nitrogens with zero attached hydrogens (tertiary/aromatic N) is 2. The van der Waals surface area contributed by atoms with Crippen molar-refractivity contribution < 1.29 is 13.9 Å². The van der Waals surface area contributed by atoms with Crippen LogP contribution in [0.5, 0.6) is 11.5 Å². The highest BCUT2D eigenvalue weighted by molar-refractivity contribution is 9.10. The summed E-state index contributed by atoms with van der Waals surface area (Å²) in [5.41, 5.74) is 0.785. The number of halogens is 1. The monoisotopic (exact) mass is 336 g/mol. The van der Waals surface area contributed by atoms with Crippen LogP contribution in [0.4, 0.5) is 11.6 Å². The first-order valence-electron chi connectivity index (χ1n) is 6.04. The van der Waals surface area contributed by atoms with Crippen LogP contribution < -0.4 is 14.4 Å². The Bertz CT molecular complexity index is 664. The number of furan rings is 1. The average Bonchev–Trinajstić information content (AvgIpc) is 3.01. The standard InChI is InChI=1S/C14H13BrN2O3/c1-17(2)14-11(15)6-10(20-14)7-16-9-3-4-12-13(5-9)19-8-18-12/h3-7H,8H2,1-2H3. The van der Waals surface area contributed by atoms with E-state index >= 15 is 0 Å². The van der Waals surface area contributed by atoms with Crippen molar-refractivity contribution in [3.05, 3.63) is 34.5 Å². The van der Waals surface area contributed by atoms with Crippen molar-refractivity contribution in [3.63, 3.8) is 0 Å². The van der Waals surface area contributed by atoms with Gasteiger partial charge in [-0.2, -0.15) is 0 Å². The van der Waals surface area contributed by atoms with E-state index < -0.39 is 0 Å². The quantitative estimate of drug-likeness (QED) is 0.803. The SMILES string of the molecule is CN(C)c1oc(C=Nc2ccc3c(c2)OCO3)cc1Br.